The number of benzene rings is 4. The predicted molar refractivity (Wildman–Crippen MR) is 127 cm³/mol. The van der Waals surface area contributed by atoms with E-state index in [2.05, 4.69) is 5.32 Å². The quantitative estimate of drug-likeness (QED) is 0.320. The number of carbonyl (C=O) groups is 2. The summed E-state index contributed by atoms with van der Waals surface area (Å²) in [6, 6.07) is 24.5. The number of aryl methyl sites for hydroxylation is 1. The smallest absolute Gasteiger partial charge is 0.344 e. The van der Waals surface area contributed by atoms with Gasteiger partial charge in [-0.3, -0.25) is 4.79 Å². The summed E-state index contributed by atoms with van der Waals surface area (Å²) >= 11 is 0. The number of ether oxygens (including phenoxy) is 1. The summed E-state index contributed by atoms with van der Waals surface area (Å²) < 4.78 is 5.87. The van der Waals surface area contributed by atoms with Crippen molar-refractivity contribution in [2.24, 2.45) is 0 Å². The third kappa shape index (κ3) is 4.26. The number of carbonyl (C=O) groups excluding carboxylic acids is 2. The number of hydrogen-bond acceptors (Lipinski definition) is 3. The molecular formula is C28H25NO3. The van der Waals surface area contributed by atoms with E-state index in [1.165, 1.54) is 0 Å². The molecule has 0 aliphatic rings. The Morgan fingerprint density at radius 2 is 1.50 bits per heavy atom. The zero-order valence-electron chi connectivity index (χ0n) is 18.4. The summed E-state index contributed by atoms with van der Waals surface area (Å²) in [5, 5.41) is 4.83. The van der Waals surface area contributed by atoms with Gasteiger partial charge in [0.2, 0.25) is 0 Å². The molecule has 4 aromatic carbocycles. The van der Waals surface area contributed by atoms with Gasteiger partial charge in [-0.1, -0.05) is 60.7 Å². The lowest BCUT2D eigenvalue weighted by atomic mass is 9.98. The monoisotopic (exact) mass is 423 g/mol. The van der Waals surface area contributed by atoms with Gasteiger partial charge in [0, 0.05) is 12.1 Å². The average molecular weight is 424 g/mol. The van der Waals surface area contributed by atoms with Gasteiger partial charge in [-0.25, -0.2) is 4.79 Å². The lowest BCUT2D eigenvalue weighted by Gasteiger charge is -2.17. The first-order valence-corrected chi connectivity index (χ1v) is 10.6. The zero-order chi connectivity index (χ0) is 22.7. The fourth-order valence-electron chi connectivity index (χ4n) is 3.90. The molecule has 0 saturated heterocycles. The van der Waals surface area contributed by atoms with Crippen molar-refractivity contribution in [3.63, 3.8) is 0 Å². The number of rotatable bonds is 5. The Morgan fingerprint density at radius 3 is 2.28 bits per heavy atom. The molecule has 0 fully saturated rings. The summed E-state index contributed by atoms with van der Waals surface area (Å²) in [6.07, 6.45) is 0. The lowest BCUT2D eigenvalue weighted by molar-refractivity contribution is 0.0734. The molecule has 4 rings (SSSR count). The van der Waals surface area contributed by atoms with Crippen molar-refractivity contribution < 1.29 is 14.3 Å². The minimum atomic E-state index is -0.377. The second-order valence-corrected chi connectivity index (χ2v) is 7.90. The minimum Gasteiger partial charge on any atom is -0.422 e. The summed E-state index contributed by atoms with van der Waals surface area (Å²) in [5.74, 6) is 0.0721. The Kier molecular flexibility index (Phi) is 6.04. The molecule has 4 nitrogen and oxygen atoms in total. The molecule has 1 N–H and O–H groups in total. The molecule has 0 heterocycles. The number of esters is 1. The minimum absolute atomic E-state index is 0.119. The van der Waals surface area contributed by atoms with Crippen LogP contribution in [0.15, 0.2) is 78.9 Å². The van der Waals surface area contributed by atoms with Crippen LogP contribution >= 0.6 is 0 Å². The fraction of sp³-hybridized carbons (Fsp3) is 0.143. The third-order valence-corrected chi connectivity index (χ3v) is 5.81. The molecule has 0 atom stereocenters. The summed E-state index contributed by atoms with van der Waals surface area (Å²) in [4.78, 5) is 25.4. The van der Waals surface area contributed by atoms with Gasteiger partial charge in [-0.2, -0.15) is 0 Å². The van der Waals surface area contributed by atoms with Crippen molar-refractivity contribution in [2.75, 3.05) is 0 Å². The molecule has 0 bridgehead atoms. The lowest BCUT2D eigenvalue weighted by Crippen LogP contribution is -2.23. The highest BCUT2D eigenvalue weighted by Crippen LogP contribution is 2.30. The molecule has 0 spiro atoms. The highest BCUT2D eigenvalue weighted by molar-refractivity contribution is 6.05. The summed E-state index contributed by atoms with van der Waals surface area (Å²) in [5.41, 5.74) is 4.89. The first-order chi connectivity index (χ1) is 15.5. The Hall–Kier alpha value is -3.92. The van der Waals surface area contributed by atoms with Crippen LogP contribution in [0.3, 0.4) is 0 Å². The molecule has 0 saturated carbocycles. The number of nitrogens with one attached hydrogen (secondary N) is 1. The molecule has 0 unspecified atom stereocenters. The zero-order valence-corrected chi connectivity index (χ0v) is 18.4. The molecule has 0 radical (unpaired) electrons. The second kappa shape index (κ2) is 9.06. The van der Waals surface area contributed by atoms with Crippen LogP contribution in [0.1, 0.15) is 43.0 Å². The van der Waals surface area contributed by atoms with E-state index in [9.17, 15) is 9.59 Å². The highest BCUT2D eigenvalue weighted by atomic mass is 16.5. The van der Waals surface area contributed by atoms with Gasteiger partial charge in [0.25, 0.3) is 5.91 Å². The largest absolute Gasteiger partial charge is 0.422 e. The van der Waals surface area contributed by atoms with E-state index in [-0.39, 0.29) is 11.9 Å². The highest BCUT2D eigenvalue weighted by Gasteiger charge is 2.18. The van der Waals surface area contributed by atoms with Crippen molar-refractivity contribution in [2.45, 2.75) is 27.3 Å². The molecule has 1 amide bonds. The molecule has 0 aliphatic carbocycles. The Bertz CT molecular complexity index is 1300. The van der Waals surface area contributed by atoms with E-state index in [4.69, 9.17) is 4.74 Å². The van der Waals surface area contributed by atoms with Gasteiger partial charge in [0.1, 0.15) is 5.75 Å². The van der Waals surface area contributed by atoms with E-state index in [0.29, 0.717) is 23.4 Å². The molecular weight excluding hydrogens is 398 g/mol. The summed E-state index contributed by atoms with van der Waals surface area (Å²) in [7, 11) is 0. The first kappa shape index (κ1) is 21.3. The van der Waals surface area contributed by atoms with Gasteiger partial charge in [-0.05, 0) is 72.0 Å². The van der Waals surface area contributed by atoms with E-state index < -0.39 is 0 Å². The molecule has 32 heavy (non-hydrogen) atoms. The fourth-order valence-corrected chi connectivity index (χ4v) is 3.90. The van der Waals surface area contributed by atoms with Crippen molar-refractivity contribution >= 4 is 22.6 Å². The molecule has 4 heteroatoms. The Balaban J connectivity index is 1.56. The first-order valence-electron chi connectivity index (χ1n) is 10.6. The standard InChI is InChI=1S/C28H25NO3/c1-18-16-23(17-29-27(30)22-11-5-4-6-12-22)19(2)20(3)26(18)32-28(31)25-15-9-13-21-10-7-8-14-24(21)25/h4-16H,17H2,1-3H3,(H,29,30). The van der Waals surface area contributed by atoms with Crippen LogP contribution in [-0.2, 0) is 6.54 Å². The van der Waals surface area contributed by atoms with Gasteiger partial charge in [-0.15, -0.1) is 0 Å². The van der Waals surface area contributed by atoms with Crippen LogP contribution in [0.5, 0.6) is 5.75 Å². The van der Waals surface area contributed by atoms with Crippen molar-refractivity contribution in [1.29, 1.82) is 0 Å². The molecule has 0 aliphatic heterocycles. The van der Waals surface area contributed by atoms with Crippen LogP contribution in [0, 0.1) is 20.8 Å². The molecule has 160 valence electrons. The number of hydrogen-bond donors (Lipinski definition) is 1. The second-order valence-electron chi connectivity index (χ2n) is 7.90. The SMILES string of the molecule is Cc1cc(CNC(=O)c2ccccc2)c(C)c(C)c1OC(=O)c1cccc2ccccc12. The van der Waals surface area contributed by atoms with Gasteiger partial charge in [0.15, 0.2) is 0 Å². The van der Waals surface area contributed by atoms with Crippen molar-refractivity contribution in [3.05, 3.63) is 112 Å². The van der Waals surface area contributed by atoms with Gasteiger partial charge in [0.05, 0.1) is 5.56 Å². The van der Waals surface area contributed by atoms with Gasteiger partial charge >= 0.3 is 5.97 Å². The third-order valence-electron chi connectivity index (χ3n) is 5.81. The Labute approximate surface area is 187 Å². The van der Waals surface area contributed by atoms with Crippen LogP contribution in [0.25, 0.3) is 10.8 Å². The van der Waals surface area contributed by atoms with E-state index in [1.807, 2.05) is 81.4 Å². The number of fused-ring (bicyclic) bond motifs is 1. The predicted octanol–water partition coefficient (Wildman–Crippen LogP) is 5.91. The van der Waals surface area contributed by atoms with E-state index >= 15 is 0 Å². The van der Waals surface area contributed by atoms with Gasteiger partial charge < -0.3 is 10.1 Å². The topological polar surface area (TPSA) is 55.4 Å². The maximum atomic E-state index is 13.0. The molecule has 0 aromatic heterocycles. The van der Waals surface area contributed by atoms with E-state index in [1.54, 1.807) is 18.2 Å². The Morgan fingerprint density at radius 1 is 0.812 bits per heavy atom. The molecule has 4 aromatic rings. The maximum absolute atomic E-state index is 13.0. The average Bonchev–Trinajstić information content (AvgIpc) is 2.83. The normalized spacial score (nSPS) is 10.7. The number of amides is 1. The maximum Gasteiger partial charge on any atom is 0.344 e. The van der Waals surface area contributed by atoms with Crippen molar-refractivity contribution in [1.82, 2.24) is 5.32 Å². The van der Waals surface area contributed by atoms with E-state index in [0.717, 1.165) is 33.0 Å². The van der Waals surface area contributed by atoms with Crippen LogP contribution in [0.4, 0.5) is 0 Å². The van der Waals surface area contributed by atoms with Crippen LogP contribution < -0.4 is 10.1 Å². The van der Waals surface area contributed by atoms with Crippen LogP contribution in [0.2, 0.25) is 0 Å². The van der Waals surface area contributed by atoms with Crippen molar-refractivity contribution in [3.8, 4) is 5.75 Å². The summed E-state index contributed by atoms with van der Waals surface area (Å²) in [6.45, 7) is 6.24. The van der Waals surface area contributed by atoms with Crippen LogP contribution in [-0.4, -0.2) is 11.9 Å².